The molecule has 22 heavy (non-hydrogen) atoms. The lowest BCUT2D eigenvalue weighted by molar-refractivity contribution is -0.112. The molecule has 1 amide bonds. The van der Waals surface area contributed by atoms with Gasteiger partial charge in [-0.2, -0.15) is 5.26 Å². The van der Waals surface area contributed by atoms with Crippen LogP contribution in [0.25, 0.3) is 6.08 Å². The number of rotatable bonds is 3. The second kappa shape index (κ2) is 6.59. The van der Waals surface area contributed by atoms with Crippen molar-refractivity contribution in [1.29, 1.82) is 5.26 Å². The van der Waals surface area contributed by atoms with Crippen LogP contribution in [0.5, 0.6) is 5.75 Å². The Bertz CT molecular complexity index is 786. The smallest absolute Gasteiger partial charge is 0.266 e. The van der Waals surface area contributed by atoms with Crippen LogP contribution >= 0.6 is 0 Å². The summed E-state index contributed by atoms with van der Waals surface area (Å²) in [6, 6.07) is 13.8. The van der Waals surface area contributed by atoms with E-state index in [2.05, 4.69) is 5.32 Å². The number of amides is 1. The molecule has 0 aromatic heterocycles. The van der Waals surface area contributed by atoms with Crippen molar-refractivity contribution in [2.45, 2.75) is 13.8 Å². The molecule has 0 saturated heterocycles. The van der Waals surface area contributed by atoms with Crippen molar-refractivity contribution in [1.82, 2.24) is 0 Å². The van der Waals surface area contributed by atoms with Gasteiger partial charge in [0.25, 0.3) is 5.91 Å². The van der Waals surface area contributed by atoms with Crippen LogP contribution in [0.15, 0.2) is 48.0 Å². The number of nitriles is 1. The SMILES string of the molecule is Cc1ccc(NC(=O)/C(C#N)=C/c2cccc(O)c2)cc1C. The number of carbonyl (C=O) groups excluding carboxylic acids is 1. The molecule has 0 saturated carbocycles. The molecule has 0 bridgehead atoms. The fraction of sp³-hybridized carbons (Fsp3) is 0.111. The predicted molar refractivity (Wildman–Crippen MR) is 86.2 cm³/mol. The minimum absolute atomic E-state index is 0.0242. The number of nitrogens with zero attached hydrogens (tertiary/aromatic N) is 1. The molecule has 2 aromatic rings. The third-order valence-corrected chi connectivity index (χ3v) is 3.31. The lowest BCUT2D eigenvalue weighted by Crippen LogP contribution is -2.13. The molecule has 0 aliphatic carbocycles. The van der Waals surface area contributed by atoms with Gasteiger partial charge >= 0.3 is 0 Å². The molecular weight excluding hydrogens is 276 g/mol. The molecular formula is C18H16N2O2. The Morgan fingerprint density at radius 2 is 1.95 bits per heavy atom. The van der Waals surface area contributed by atoms with Gasteiger partial charge in [-0.1, -0.05) is 18.2 Å². The van der Waals surface area contributed by atoms with E-state index in [0.29, 0.717) is 11.3 Å². The van der Waals surface area contributed by atoms with Crippen molar-refractivity contribution in [2.75, 3.05) is 5.32 Å². The number of aryl methyl sites for hydroxylation is 2. The van der Waals surface area contributed by atoms with E-state index in [9.17, 15) is 9.90 Å². The lowest BCUT2D eigenvalue weighted by atomic mass is 10.1. The molecule has 2 aromatic carbocycles. The second-order valence-electron chi connectivity index (χ2n) is 5.02. The standard InChI is InChI=1S/C18H16N2O2/c1-12-6-7-16(8-13(12)2)20-18(22)15(11-19)9-14-4-3-5-17(21)10-14/h3-10,21H,1-2H3,(H,20,22)/b15-9+. The van der Waals surface area contributed by atoms with E-state index in [1.54, 1.807) is 18.2 Å². The van der Waals surface area contributed by atoms with Gasteiger partial charge in [0.15, 0.2) is 0 Å². The normalized spacial score (nSPS) is 10.9. The first-order chi connectivity index (χ1) is 10.5. The van der Waals surface area contributed by atoms with Gasteiger partial charge in [-0.3, -0.25) is 4.79 Å². The zero-order valence-electron chi connectivity index (χ0n) is 12.4. The topological polar surface area (TPSA) is 73.1 Å². The van der Waals surface area contributed by atoms with Crippen molar-refractivity contribution in [3.63, 3.8) is 0 Å². The molecule has 2 N–H and O–H groups in total. The summed E-state index contributed by atoms with van der Waals surface area (Å²) >= 11 is 0. The summed E-state index contributed by atoms with van der Waals surface area (Å²) in [5, 5.41) is 21.3. The van der Waals surface area contributed by atoms with Crippen LogP contribution in [0.3, 0.4) is 0 Å². The highest BCUT2D eigenvalue weighted by Crippen LogP contribution is 2.17. The quantitative estimate of drug-likeness (QED) is 0.671. The van der Waals surface area contributed by atoms with E-state index in [4.69, 9.17) is 5.26 Å². The first-order valence-corrected chi connectivity index (χ1v) is 6.79. The van der Waals surface area contributed by atoms with Gasteiger partial charge in [-0.05, 0) is 60.9 Å². The van der Waals surface area contributed by atoms with Gasteiger partial charge in [0.2, 0.25) is 0 Å². The van der Waals surface area contributed by atoms with Crippen LogP contribution in [0.2, 0.25) is 0 Å². The predicted octanol–water partition coefficient (Wildman–Crippen LogP) is 3.55. The summed E-state index contributed by atoms with van der Waals surface area (Å²) in [6.07, 6.45) is 1.44. The van der Waals surface area contributed by atoms with Crippen LogP contribution < -0.4 is 5.32 Å². The first-order valence-electron chi connectivity index (χ1n) is 6.79. The molecule has 110 valence electrons. The highest BCUT2D eigenvalue weighted by atomic mass is 16.3. The number of hydrogen-bond donors (Lipinski definition) is 2. The zero-order chi connectivity index (χ0) is 16.1. The van der Waals surface area contributed by atoms with Gasteiger partial charge in [-0.15, -0.1) is 0 Å². The van der Waals surface area contributed by atoms with E-state index in [1.807, 2.05) is 32.0 Å². The molecule has 0 fully saturated rings. The maximum Gasteiger partial charge on any atom is 0.266 e. The minimum atomic E-state index is -0.478. The largest absolute Gasteiger partial charge is 0.508 e. The molecule has 2 rings (SSSR count). The Hall–Kier alpha value is -3.06. The molecule has 0 aliphatic heterocycles. The van der Waals surface area contributed by atoms with Gasteiger partial charge in [0.1, 0.15) is 17.4 Å². The third-order valence-electron chi connectivity index (χ3n) is 3.31. The number of anilines is 1. The fourth-order valence-corrected chi connectivity index (χ4v) is 1.95. The first kappa shape index (κ1) is 15.3. The Morgan fingerprint density at radius 3 is 2.59 bits per heavy atom. The number of hydrogen-bond acceptors (Lipinski definition) is 3. The summed E-state index contributed by atoms with van der Waals surface area (Å²) in [6.45, 7) is 3.95. The van der Waals surface area contributed by atoms with Crippen molar-refractivity contribution >= 4 is 17.7 Å². The molecule has 0 radical (unpaired) electrons. The maximum absolute atomic E-state index is 12.2. The Kier molecular flexibility index (Phi) is 4.60. The molecule has 0 unspecified atom stereocenters. The number of phenols is 1. The number of carbonyl (C=O) groups is 1. The average molecular weight is 292 g/mol. The van der Waals surface area contributed by atoms with Crippen LogP contribution in [0.1, 0.15) is 16.7 Å². The van der Waals surface area contributed by atoms with Crippen molar-refractivity contribution in [3.05, 3.63) is 64.7 Å². The van der Waals surface area contributed by atoms with E-state index < -0.39 is 5.91 Å². The Morgan fingerprint density at radius 1 is 1.18 bits per heavy atom. The molecule has 4 nitrogen and oxygen atoms in total. The number of nitrogens with one attached hydrogen (secondary N) is 1. The summed E-state index contributed by atoms with van der Waals surface area (Å²) in [7, 11) is 0. The fourth-order valence-electron chi connectivity index (χ4n) is 1.95. The third kappa shape index (κ3) is 3.74. The molecule has 0 heterocycles. The van der Waals surface area contributed by atoms with E-state index in [0.717, 1.165) is 11.1 Å². The number of aromatic hydroxyl groups is 1. The van der Waals surface area contributed by atoms with Crippen molar-refractivity contribution in [3.8, 4) is 11.8 Å². The Labute approximate surface area is 129 Å². The van der Waals surface area contributed by atoms with Gasteiger partial charge in [0.05, 0.1) is 0 Å². The van der Waals surface area contributed by atoms with E-state index >= 15 is 0 Å². The number of benzene rings is 2. The van der Waals surface area contributed by atoms with Crippen LogP contribution in [-0.4, -0.2) is 11.0 Å². The van der Waals surface area contributed by atoms with Crippen molar-refractivity contribution < 1.29 is 9.90 Å². The monoisotopic (exact) mass is 292 g/mol. The highest BCUT2D eigenvalue weighted by Gasteiger charge is 2.10. The van der Waals surface area contributed by atoms with E-state index in [-0.39, 0.29) is 11.3 Å². The van der Waals surface area contributed by atoms with Crippen LogP contribution in [0, 0.1) is 25.2 Å². The van der Waals surface area contributed by atoms with Crippen LogP contribution in [0.4, 0.5) is 5.69 Å². The molecule has 0 aliphatic rings. The van der Waals surface area contributed by atoms with Crippen molar-refractivity contribution in [2.24, 2.45) is 0 Å². The summed E-state index contributed by atoms with van der Waals surface area (Å²) < 4.78 is 0. The highest BCUT2D eigenvalue weighted by molar-refractivity contribution is 6.09. The molecule has 0 atom stereocenters. The summed E-state index contributed by atoms with van der Waals surface area (Å²) in [5.74, 6) is -0.394. The second-order valence-corrected chi connectivity index (χ2v) is 5.02. The summed E-state index contributed by atoms with van der Waals surface area (Å²) in [4.78, 5) is 12.2. The van der Waals surface area contributed by atoms with Crippen LogP contribution in [-0.2, 0) is 4.79 Å². The number of phenolic OH excluding ortho intramolecular Hbond substituents is 1. The zero-order valence-corrected chi connectivity index (χ0v) is 12.4. The Balaban J connectivity index is 2.22. The van der Waals surface area contributed by atoms with Gasteiger partial charge < -0.3 is 10.4 Å². The van der Waals surface area contributed by atoms with Gasteiger partial charge in [0, 0.05) is 5.69 Å². The lowest BCUT2D eigenvalue weighted by Gasteiger charge is -2.07. The molecule has 0 spiro atoms. The van der Waals surface area contributed by atoms with Gasteiger partial charge in [-0.25, -0.2) is 0 Å². The molecule has 4 heteroatoms. The summed E-state index contributed by atoms with van der Waals surface area (Å²) in [5.41, 5.74) is 3.41. The van der Waals surface area contributed by atoms with E-state index in [1.165, 1.54) is 18.2 Å². The average Bonchev–Trinajstić information content (AvgIpc) is 2.48. The maximum atomic E-state index is 12.2. The minimum Gasteiger partial charge on any atom is -0.508 e.